The quantitative estimate of drug-likeness (QED) is 0.842. The van der Waals surface area contributed by atoms with Gasteiger partial charge in [-0.05, 0) is 38.1 Å². The predicted molar refractivity (Wildman–Crippen MR) is 71.7 cm³/mol. The molecule has 0 heterocycles. The van der Waals surface area contributed by atoms with Crippen LogP contribution in [-0.4, -0.2) is 26.8 Å². The van der Waals surface area contributed by atoms with Crippen molar-refractivity contribution in [2.24, 2.45) is 0 Å². The third-order valence-corrected chi connectivity index (χ3v) is 3.13. The van der Waals surface area contributed by atoms with E-state index in [-0.39, 0.29) is 0 Å². The number of hydrogen-bond donors (Lipinski definition) is 2. The number of nitrogens with one attached hydrogen (secondary N) is 2. The van der Waals surface area contributed by atoms with Crippen LogP contribution in [0.15, 0.2) is 24.3 Å². The molecule has 18 heavy (non-hydrogen) atoms. The zero-order valence-electron chi connectivity index (χ0n) is 10.7. The first kappa shape index (κ1) is 14.5. The summed E-state index contributed by atoms with van der Waals surface area (Å²) in [4.78, 5) is 0. The van der Waals surface area contributed by atoms with E-state index in [4.69, 9.17) is 5.26 Å². The van der Waals surface area contributed by atoms with Gasteiger partial charge in [-0.2, -0.15) is 5.26 Å². The van der Waals surface area contributed by atoms with Gasteiger partial charge < -0.3 is 5.32 Å². The van der Waals surface area contributed by atoms with Crippen molar-refractivity contribution in [1.82, 2.24) is 4.72 Å². The molecule has 0 aliphatic rings. The molecule has 0 spiro atoms. The molecule has 0 unspecified atom stereocenters. The molecule has 6 heteroatoms. The molecule has 2 N–H and O–H groups in total. The average molecular weight is 267 g/mol. The van der Waals surface area contributed by atoms with Gasteiger partial charge in [-0.1, -0.05) is 0 Å². The van der Waals surface area contributed by atoms with Crippen molar-refractivity contribution in [2.75, 3.05) is 18.1 Å². The lowest BCUT2D eigenvalue weighted by molar-refractivity contribution is 0.476. The highest BCUT2D eigenvalue weighted by Crippen LogP contribution is 2.11. The summed E-state index contributed by atoms with van der Waals surface area (Å²) < 4.78 is 24.9. The summed E-state index contributed by atoms with van der Waals surface area (Å²) in [6.45, 7) is 4.04. The van der Waals surface area contributed by atoms with E-state index in [9.17, 15) is 8.42 Å². The van der Waals surface area contributed by atoms with Gasteiger partial charge in [-0.3, -0.25) is 0 Å². The number of rotatable bonds is 5. The van der Waals surface area contributed by atoms with E-state index >= 15 is 0 Å². The van der Waals surface area contributed by atoms with Crippen LogP contribution in [0.5, 0.6) is 0 Å². The largest absolute Gasteiger partial charge is 0.383 e. The zero-order valence-corrected chi connectivity index (χ0v) is 11.5. The van der Waals surface area contributed by atoms with Gasteiger partial charge in [0.25, 0.3) is 0 Å². The molecule has 0 saturated heterocycles. The lowest BCUT2D eigenvalue weighted by atomic mass is 10.1. The van der Waals surface area contributed by atoms with E-state index in [0.29, 0.717) is 12.1 Å². The molecule has 0 aliphatic heterocycles. The molecule has 98 valence electrons. The molecule has 0 fully saturated rings. The standard InChI is InChI=1S/C12H17N3O2S/c1-12(2,15-18(3,16)17)9-14-11-6-4-10(8-13)5-7-11/h4-7,14-15H,9H2,1-3H3. The third kappa shape index (κ3) is 5.17. The van der Waals surface area contributed by atoms with Crippen LogP contribution in [0.1, 0.15) is 19.4 Å². The fourth-order valence-corrected chi connectivity index (χ4v) is 2.60. The van der Waals surface area contributed by atoms with Crippen molar-refractivity contribution in [1.29, 1.82) is 5.26 Å². The Bertz CT molecular complexity index is 542. The maximum atomic E-state index is 11.2. The number of nitrogens with zero attached hydrogens (tertiary/aromatic N) is 1. The highest BCUT2D eigenvalue weighted by atomic mass is 32.2. The fraction of sp³-hybridized carbons (Fsp3) is 0.417. The van der Waals surface area contributed by atoms with Crippen LogP contribution in [-0.2, 0) is 10.0 Å². The van der Waals surface area contributed by atoms with E-state index in [2.05, 4.69) is 10.0 Å². The van der Waals surface area contributed by atoms with Crippen LogP contribution in [0.3, 0.4) is 0 Å². The Hall–Kier alpha value is -1.58. The van der Waals surface area contributed by atoms with Gasteiger partial charge in [-0.15, -0.1) is 0 Å². The summed E-state index contributed by atoms with van der Waals surface area (Å²) in [5.74, 6) is 0. The summed E-state index contributed by atoms with van der Waals surface area (Å²) in [6, 6.07) is 9.03. The molecule has 0 amide bonds. The summed E-state index contributed by atoms with van der Waals surface area (Å²) in [6.07, 6.45) is 1.14. The van der Waals surface area contributed by atoms with Crippen molar-refractivity contribution < 1.29 is 8.42 Å². The van der Waals surface area contributed by atoms with Crippen molar-refractivity contribution in [3.8, 4) is 6.07 Å². The minimum atomic E-state index is -3.23. The fourth-order valence-electron chi connectivity index (χ4n) is 1.52. The molecule has 5 nitrogen and oxygen atoms in total. The summed E-state index contributed by atoms with van der Waals surface area (Å²) in [7, 11) is -3.23. The normalized spacial score (nSPS) is 11.9. The molecule has 0 atom stereocenters. The molecule has 0 aliphatic carbocycles. The monoisotopic (exact) mass is 267 g/mol. The van der Waals surface area contributed by atoms with Gasteiger partial charge in [-0.25, -0.2) is 13.1 Å². The van der Waals surface area contributed by atoms with Crippen LogP contribution < -0.4 is 10.0 Å². The second-order valence-electron chi connectivity index (χ2n) is 4.80. The maximum absolute atomic E-state index is 11.2. The number of nitriles is 1. The number of anilines is 1. The zero-order chi connectivity index (χ0) is 13.8. The number of sulfonamides is 1. The molecule has 1 rings (SSSR count). The molecule has 1 aromatic rings. The van der Waals surface area contributed by atoms with Gasteiger partial charge in [0.05, 0.1) is 17.9 Å². The molecular weight excluding hydrogens is 250 g/mol. The van der Waals surface area contributed by atoms with E-state index in [0.717, 1.165) is 11.9 Å². The Morgan fingerprint density at radius 1 is 1.28 bits per heavy atom. The Morgan fingerprint density at radius 3 is 2.28 bits per heavy atom. The lowest BCUT2D eigenvalue weighted by Gasteiger charge is -2.25. The molecule has 0 saturated carbocycles. The van der Waals surface area contributed by atoms with Crippen LogP contribution in [0.25, 0.3) is 0 Å². The predicted octanol–water partition coefficient (Wildman–Crippen LogP) is 1.30. The van der Waals surface area contributed by atoms with Crippen LogP contribution in [0, 0.1) is 11.3 Å². The average Bonchev–Trinajstić information content (AvgIpc) is 2.24. The smallest absolute Gasteiger partial charge is 0.209 e. The van der Waals surface area contributed by atoms with Gasteiger partial charge in [0.2, 0.25) is 10.0 Å². The maximum Gasteiger partial charge on any atom is 0.209 e. The highest BCUT2D eigenvalue weighted by molar-refractivity contribution is 7.88. The highest BCUT2D eigenvalue weighted by Gasteiger charge is 2.21. The SMILES string of the molecule is CC(C)(CNc1ccc(C#N)cc1)NS(C)(=O)=O. The first-order valence-corrected chi connectivity index (χ1v) is 7.34. The van der Waals surface area contributed by atoms with Crippen molar-refractivity contribution in [2.45, 2.75) is 19.4 Å². The Morgan fingerprint density at radius 2 is 1.83 bits per heavy atom. The second kappa shape index (κ2) is 5.38. The minimum Gasteiger partial charge on any atom is -0.383 e. The molecule has 0 aromatic heterocycles. The van der Waals surface area contributed by atoms with Crippen LogP contribution in [0.2, 0.25) is 0 Å². The minimum absolute atomic E-state index is 0.450. The van der Waals surface area contributed by atoms with Gasteiger partial charge in [0.15, 0.2) is 0 Å². The number of hydrogen-bond acceptors (Lipinski definition) is 4. The van der Waals surface area contributed by atoms with E-state index in [1.54, 1.807) is 38.1 Å². The molecule has 0 radical (unpaired) electrons. The molecular formula is C12H17N3O2S. The van der Waals surface area contributed by atoms with E-state index < -0.39 is 15.6 Å². The first-order chi connectivity index (χ1) is 8.22. The molecule has 0 bridgehead atoms. The van der Waals surface area contributed by atoms with Gasteiger partial charge >= 0.3 is 0 Å². The Labute approximate surface area is 108 Å². The first-order valence-electron chi connectivity index (χ1n) is 5.45. The lowest BCUT2D eigenvalue weighted by Crippen LogP contribution is -2.47. The van der Waals surface area contributed by atoms with Crippen LogP contribution in [0.4, 0.5) is 5.69 Å². The summed E-state index contributed by atoms with van der Waals surface area (Å²) in [5.41, 5.74) is 0.855. The topological polar surface area (TPSA) is 82.0 Å². The summed E-state index contributed by atoms with van der Waals surface area (Å²) >= 11 is 0. The van der Waals surface area contributed by atoms with Gasteiger partial charge in [0, 0.05) is 17.8 Å². The molecule has 1 aromatic carbocycles. The van der Waals surface area contributed by atoms with E-state index in [1.165, 1.54) is 0 Å². The van der Waals surface area contributed by atoms with E-state index in [1.807, 2.05) is 6.07 Å². The second-order valence-corrected chi connectivity index (χ2v) is 6.55. The van der Waals surface area contributed by atoms with Crippen LogP contribution >= 0.6 is 0 Å². The van der Waals surface area contributed by atoms with Crippen molar-refractivity contribution in [3.05, 3.63) is 29.8 Å². The third-order valence-electron chi connectivity index (χ3n) is 2.21. The van der Waals surface area contributed by atoms with Gasteiger partial charge in [0.1, 0.15) is 0 Å². The van der Waals surface area contributed by atoms with Crippen molar-refractivity contribution in [3.63, 3.8) is 0 Å². The van der Waals surface area contributed by atoms with Crippen molar-refractivity contribution >= 4 is 15.7 Å². The Balaban J connectivity index is 2.61. The summed E-state index contributed by atoms with van der Waals surface area (Å²) in [5, 5.41) is 11.8. The number of benzene rings is 1. The Kier molecular flexibility index (Phi) is 4.33.